The van der Waals surface area contributed by atoms with Crippen molar-refractivity contribution in [2.24, 2.45) is 0 Å². The lowest BCUT2D eigenvalue weighted by Crippen LogP contribution is -2.37. The van der Waals surface area contributed by atoms with Crippen molar-refractivity contribution in [3.63, 3.8) is 0 Å². The highest BCUT2D eigenvalue weighted by molar-refractivity contribution is 7.89. The first-order valence-electron chi connectivity index (χ1n) is 7.53. The van der Waals surface area contributed by atoms with Crippen LogP contribution in [0, 0.1) is 0 Å². The Labute approximate surface area is 122 Å². The third-order valence-corrected chi connectivity index (χ3v) is 5.90. The lowest BCUT2D eigenvalue weighted by Gasteiger charge is -2.24. The summed E-state index contributed by atoms with van der Waals surface area (Å²) in [7, 11) is -3.06. The Morgan fingerprint density at radius 2 is 2.25 bits per heavy atom. The molecule has 0 aromatic carbocycles. The normalized spacial score (nSPS) is 20.4. The minimum absolute atomic E-state index is 0.166. The fraction of sp³-hybridized carbons (Fsp3) is 0.667. The number of sulfonamides is 1. The number of aromatic nitrogens is 1. The number of nitrogens with zero attached hydrogens (tertiary/aromatic N) is 2. The molecule has 0 spiro atoms. The molecule has 4 nitrogen and oxygen atoms in total. The van der Waals surface area contributed by atoms with Crippen LogP contribution in [-0.4, -0.2) is 36.0 Å². The topological polar surface area (TPSA) is 50.3 Å². The van der Waals surface area contributed by atoms with E-state index in [9.17, 15) is 8.42 Å². The van der Waals surface area contributed by atoms with E-state index in [4.69, 9.17) is 0 Å². The van der Waals surface area contributed by atoms with E-state index in [1.807, 2.05) is 25.1 Å². The van der Waals surface area contributed by atoms with Crippen molar-refractivity contribution >= 4 is 10.0 Å². The average Bonchev–Trinajstić information content (AvgIpc) is 2.93. The van der Waals surface area contributed by atoms with Gasteiger partial charge in [-0.05, 0) is 44.2 Å². The van der Waals surface area contributed by atoms with Crippen LogP contribution in [0.15, 0.2) is 24.4 Å². The summed E-state index contributed by atoms with van der Waals surface area (Å²) in [6.07, 6.45) is 7.17. The molecule has 0 amide bonds. The summed E-state index contributed by atoms with van der Waals surface area (Å²) in [4.78, 5) is 4.31. The second-order valence-corrected chi connectivity index (χ2v) is 7.48. The first-order valence-corrected chi connectivity index (χ1v) is 9.14. The zero-order valence-corrected chi connectivity index (χ0v) is 13.0. The first-order chi connectivity index (χ1) is 9.63. The fourth-order valence-corrected chi connectivity index (χ4v) is 4.73. The van der Waals surface area contributed by atoms with E-state index in [1.54, 1.807) is 10.5 Å². The molecule has 5 heteroatoms. The van der Waals surface area contributed by atoms with Crippen LogP contribution in [0.2, 0.25) is 0 Å². The molecule has 1 fully saturated rings. The zero-order chi connectivity index (χ0) is 14.4. The number of aryl methyl sites for hydroxylation is 1. The summed E-state index contributed by atoms with van der Waals surface area (Å²) in [5.74, 6) is 0.295. The average molecular weight is 296 g/mol. The highest BCUT2D eigenvalue weighted by Gasteiger charge is 2.33. The summed E-state index contributed by atoms with van der Waals surface area (Å²) in [5.41, 5.74) is 1.05. The maximum Gasteiger partial charge on any atom is 0.214 e. The monoisotopic (exact) mass is 296 g/mol. The van der Waals surface area contributed by atoms with Crippen molar-refractivity contribution in [2.75, 3.05) is 12.3 Å². The van der Waals surface area contributed by atoms with Crippen LogP contribution in [0.3, 0.4) is 0 Å². The van der Waals surface area contributed by atoms with Crippen LogP contribution >= 0.6 is 0 Å². The van der Waals surface area contributed by atoms with Gasteiger partial charge >= 0.3 is 0 Å². The van der Waals surface area contributed by atoms with Crippen molar-refractivity contribution < 1.29 is 8.42 Å². The van der Waals surface area contributed by atoms with E-state index in [-0.39, 0.29) is 6.04 Å². The van der Waals surface area contributed by atoms with E-state index in [2.05, 4.69) is 4.98 Å². The van der Waals surface area contributed by atoms with E-state index in [1.165, 1.54) is 0 Å². The Bertz CT molecular complexity index is 502. The molecule has 1 aromatic rings. The third kappa shape index (κ3) is 4.03. The van der Waals surface area contributed by atoms with Gasteiger partial charge in [-0.15, -0.1) is 0 Å². The van der Waals surface area contributed by atoms with E-state index < -0.39 is 10.0 Å². The summed E-state index contributed by atoms with van der Waals surface area (Å²) in [6, 6.07) is 6.05. The Kier molecular flexibility index (Phi) is 5.54. The van der Waals surface area contributed by atoms with E-state index >= 15 is 0 Å². The van der Waals surface area contributed by atoms with Crippen LogP contribution in [0.4, 0.5) is 0 Å². The predicted octanol–water partition coefficient (Wildman–Crippen LogP) is 2.61. The maximum atomic E-state index is 12.3. The predicted molar refractivity (Wildman–Crippen MR) is 81.0 cm³/mol. The molecular weight excluding hydrogens is 272 g/mol. The van der Waals surface area contributed by atoms with Gasteiger partial charge in [0.05, 0.1) is 5.75 Å². The van der Waals surface area contributed by atoms with Crippen LogP contribution in [0.5, 0.6) is 0 Å². The molecule has 0 bridgehead atoms. The molecule has 1 aromatic heterocycles. The van der Waals surface area contributed by atoms with Crippen LogP contribution in [0.1, 0.15) is 44.7 Å². The molecule has 2 heterocycles. The molecule has 1 saturated heterocycles. The number of unbranched alkanes of at least 4 members (excludes halogenated alkanes) is 1. The van der Waals surface area contributed by atoms with Gasteiger partial charge in [0.25, 0.3) is 0 Å². The van der Waals surface area contributed by atoms with Crippen LogP contribution < -0.4 is 0 Å². The SMILES string of the molecule is CCCCS(=O)(=O)N1CCC[C@H]1CCc1ccccn1. The van der Waals surface area contributed by atoms with Crippen LogP contribution in [-0.2, 0) is 16.4 Å². The number of hydrogen-bond donors (Lipinski definition) is 0. The smallest absolute Gasteiger partial charge is 0.214 e. The standard InChI is InChI=1S/C15H24N2O2S/c1-2-3-13-20(18,19)17-12-6-8-15(17)10-9-14-7-4-5-11-16-14/h4-5,7,11,15H,2-3,6,8-10,12-13H2,1H3/t15-/m0/s1. The van der Waals surface area contributed by atoms with Gasteiger partial charge in [0.2, 0.25) is 10.0 Å². The largest absolute Gasteiger partial charge is 0.261 e. The summed E-state index contributed by atoms with van der Waals surface area (Å²) < 4.78 is 26.4. The van der Waals surface area contributed by atoms with Gasteiger partial charge in [0.1, 0.15) is 0 Å². The van der Waals surface area contributed by atoms with Gasteiger partial charge in [-0.3, -0.25) is 4.98 Å². The number of pyridine rings is 1. The van der Waals surface area contributed by atoms with Crippen LogP contribution in [0.25, 0.3) is 0 Å². The molecule has 1 atom stereocenters. The van der Waals surface area contributed by atoms with Crippen molar-refractivity contribution in [1.82, 2.24) is 9.29 Å². The summed E-state index contributed by atoms with van der Waals surface area (Å²) in [5, 5.41) is 0. The third-order valence-electron chi connectivity index (χ3n) is 3.90. The van der Waals surface area contributed by atoms with Gasteiger partial charge in [-0.2, -0.15) is 4.31 Å². The van der Waals surface area contributed by atoms with Crippen molar-refractivity contribution in [3.05, 3.63) is 30.1 Å². The first kappa shape index (κ1) is 15.4. The van der Waals surface area contributed by atoms with E-state index in [0.29, 0.717) is 12.3 Å². The molecular formula is C15H24N2O2S. The maximum absolute atomic E-state index is 12.3. The molecule has 0 saturated carbocycles. The molecule has 20 heavy (non-hydrogen) atoms. The van der Waals surface area contributed by atoms with Crippen molar-refractivity contribution in [3.8, 4) is 0 Å². The molecule has 112 valence electrons. The summed E-state index contributed by atoms with van der Waals surface area (Å²) >= 11 is 0. The zero-order valence-electron chi connectivity index (χ0n) is 12.2. The summed E-state index contributed by atoms with van der Waals surface area (Å²) in [6.45, 7) is 2.72. The molecule has 0 aliphatic carbocycles. The minimum atomic E-state index is -3.06. The Hall–Kier alpha value is -0.940. The quantitative estimate of drug-likeness (QED) is 0.777. The second-order valence-electron chi connectivity index (χ2n) is 5.44. The fourth-order valence-electron chi connectivity index (χ4n) is 2.77. The van der Waals surface area contributed by atoms with Gasteiger partial charge < -0.3 is 0 Å². The molecule has 2 rings (SSSR count). The lowest BCUT2D eigenvalue weighted by molar-refractivity contribution is 0.369. The second kappa shape index (κ2) is 7.18. The van der Waals surface area contributed by atoms with Crippen molar-refractivity contribution in [1.29, 1.82) is 0 Å². The molecule has 0 unspecified atom stereocenters. The molecule has 0 radical (unpaired) electrons. The van der Waals surface area contributed by atoms with Gasteiger partial charge in [-0.25, -0.2) is 8.42 Å². The highest BCUT2D eigenvalue weighted by Crippen LogP contribution is 2.25. The van der Waals surface area contributed by atoms with Gasteiger partial charge in [0.15, 0.2) is 0 Å². The number of hydrogen-bond acceptors (Lipinski definition) is 3. The Morgan fingerprint density at radius 3 is 2.95 bits per heavy atom. The molecule has 1 aliphatic rings. The molecule has 1 aliphatic heterocycles. The van der Waals surface area contributed by atoms with Gasteiger partial charge in [-0.1, -0.05) is 19.4 Å². The Balaban J connectivity index is 1.94. The van der Waals surface area contributed by atoms with E-state index in [0.717, 1.165) is 44.2 Å². The van der Waals surface area contributed by atoms with Crippen molar-refractivity contribution in [2.45, 2.75) is 51.5 Å². The van der Waals surface area contributed by atoms with Gasteiger partial charge in [0, 0.05) is 24.5 Å². The number of rotatable bonds is 7. The lowest BCUT2D eigenvalue weighted by atomic mass is 10.1. The highest BCUT2D eigenvalue weighted by atomic mass is 32.2. The Morgan fingerprint density at radius 1 is 1.40 bits per heavy atom. The minimum Gasteiger partial charge on any atom is -0.261 e. The molecule has 0 N–H and O–H groups in total.